The van der Waals surface area contributed by atoms with E-state index in [9.17, 15) is 18.0 Å². The van der Waals surface area contributed by atoms with Gasteiger partial charge in [0.25, 0.3) is 5.91 Å². The van der Waals surface area contributed by atoms with E-state index in [4.69, 9.17) is 4.74 Å². The predicted octanol–water partition coefficient (Wildman–Crippen LogP) is 2.34. The maximum Gasteiger partial charge on any atom is 0.265 e. The molecule has 2 amide bonds. The van der Waals surface area contributed by atoms with Crippen molar-refractivity contribution >= 4 is 27.5 Å². The highest BCUT2D eigenvalue weighted by molar-refractivity contribution is 7.89. The van der Waals surface area contributed by atoms with Gasteiger partial charge >= 0.3 is 0 Å². The van der Waals surface area contributed by atoms with Gasteiger partial charge in [-0.05, 0) is 57.6 Å². The number of amides is 2. The number of aryl methyl sites for hydroxylation is 1. The molecule has 1 atom stereocenters. The van der Waals surface area contributed by atoms with Gasteiger partial charge in [-0.25, -0.2) is 8.42 Å². The Balaban J connectivity index is 1.64. The number of carbonyl (C=O) groups excluding carboxylic acids is 2. The Morgan fingerprint density at radius 3 is 2.80 bits per heavy atom. The van der Waals surface area contributed by atoms with E-state index < -0.39 is 16.1 Å². The van der Waals surface area contributed by atoms with Gasteiger partial charge in [0.1, 0.15) is 5.75 Å². The van der Waals surface area contributed by atoms with Gasteiger partial charge in [0, 0.05) is 19.7 Å². The van der Waals surface area contributed by atoms with Crippen LogP contribution in [0.1, 0.15) is 44.6 Å². The average molecular weight is 436 g/mol. The molecule has 30 heavy (non-hydrogen) atoms. The van der Waals surface area contributed by atoms with Crippen molar-refractivity contribution in [1.29, 1.82) is 0 Å². The number of anilines is 1. The highest BCUT2D eigenvalue weighted by atomic mass is 32.2. The number of nitrogens with zero attached hydrogens (tertiary/aromatic N) is 1. The predicted molar refractivity (Wildman–Crippen MR) is 114 cm³/mol. The monoisotopic (exact) mass is 435 g/mol. The zero-order valence-electron chi connectivity index (χ0n) is 17.7. The van der Waals surface area contributed by atoms with E-state index in [2.05, 4.69) is 16.7 Å². The third-order valence-corrected chi connectivity index (χ3v) is 7.36. The Morgan fingerprint density at radius 1 is 1.33 bits per heavy atom. The summed E-state index contributed by atoms with van der Waals surface area (Å²) < 4.78 is 32.6. The third kappa shape index (κ3) is 5.02. The SMILES string of the molecule is Cc1cc2c(cc1S(=O)(=O)N(C)CC(=O)NCCC1=CCCCC1)O[C@@H](C)C(=O)N2. The second-order valence-electron chi connectivity index (χ2n) is 7.83. The van der Waals surface area contributed by atoms with E-state index in [-0.39, 0.29) is 23.3 Å². The summed E-state index contributed by atoms with van der Waals surface area (Å²) in [6.45, 7) is 3.46. The lowest BCUT2D eigenvalue weighted by molar-refractivity contribution is -0.123. The van der Waals surface area contributed by atoms with Gasteiger partial charge in [-0.3, -0.25) is 9.59 Å². The fraction of sp³-hybridized carbons (Fsp3) is 0.524. The Labute approximate surface area is 177 Å². The van der Waals surface area contributed by atoms with Crippen LogP contribution < -0.4 is 15.4 Å². The van der Waals surface area contributed by atoms with Gasteiger partial charge in [-0.15, -0.1) is 0 Å². The molecule has 1 heterocycles. The van der Waals surface area contributed by atoms with Crippen molar-refractivity contribution < 1.29 is 22.7 Å². The zero-order chi connectivity index (χ0) is 21.9. The summed E-state index contributed by atoms with van der Waals surface area (Å²) in [6, 6.07) is 2.97. The van der Waals surface area contributed by atoms with Crippen LogP contribution in [0.15, 0.2) is 28.7 Å². The molecule has 0 spiro atoms. The van der Waals surface area contributed by atoms with Gasteiger partial charge in [-0.2, -0.15) is 4.31 Å². The average Bonchev–Trinajstić information content (AvgIpc) is 2.69. The van der Waals surface area contributed by atoms with E-state index in [1.54, 1.807) is 19.9 Å². The molecule has 1 aromatic carbocycles. The van der Waals surface area contributed by atoms with Crippen molar-refractivity contribution in [2.24, 2.45) is 0 Å². The van der Waals surface area contributed by atoms with Crippen molar-refractivity contribution in [1.82, 2.24) is 9.62 Å². The molecule has 0 saturated heterocycles. The minimum absolute atomic E-state index is 0.0484. The van der Waals surface area contributed by atoms with E-state index in [1.807, 2.05) is 0 Å². The first-order chi connectivity index (χ1) is 14.2. The summed E-state index contributed by atoms with van der Waals surface area (Å²) in [5, 5.41) is 5.50. The topological polar surface area (TPSA) is 105 Å². The fourth-order valence-electron chi connectivity index (χ4n) is 3.63. The maximum atomic E-state index is 13.0. The zero-order valence-corrected chi connectivity index (χ0v) is 18.5. The van der Waals surface area contributed by atoms with Crippen LogP contribution >= 0.6 is 0 Å². The van der Waals surface area contributed by atoms with Crippen LogP contribution in [0.3, 0.4) is 0 Å². The first-order valence-electron chi connectivity index (χ1n) is 10.2. The van der Waals surface area contributed by atoms with Crippen molar-refractivity contribution in [3.05, 3.63) is 29.3 Å². The van der Waals surface area contributed by atoms with Crippen LogP contribution in [0.2, 0.25) is 0 Å². The number of carbonyl (C=O) groups is 2. The first-order valence-corrected chi connectivity index (χ1v) is 11.7. The molecule has 0 fully saturated rings. The van der Waals surface area contributed by atoms with Crippen LogP contribution in [0, 0.1) is 6.92 Å². The number of benzene rings is 1. The number of sulfonamides is 1. The smallest absolute Gasteiger partial charge is 0.265 e. The highest BCUT2D eigenvalue weighted by Crippen LogP contribution is 2.35. The lowest BCUT2D eigenvalue weighted by Gasteiger charge is -2.25. The van der Waals surface area contributed by atoms with Crippen LogP contribution in [0.4, 0.5) is 5.69 Å². The van der Waals surface area contributed by atoms with Gasteiger partial charge < -0.3 is 15.4 Å². The standard InChI is InChI=1S/C21H29N3O5S/c1-14-11-17-18(29-15(2)21(26)23-17)12-19(14)30(27,28)24(3)13-20(25)22-10-9-16-7-5-4-6-8-16/h7,11-12,15H,4-6,8-10,13H2,1-3H3,(H,22,25)(H,23,26)/t15-/m0/s1. The molecule has 8 nitrogen and oxygen atoms in total. The molecular weight excluding hydrogens is 406 g/mol. The largest absolute Gasteiger partial charge is 0.479 e. The Hall–Kier alpha value is -2.39. The molecule has 3 rings (SSSR count). The molecule has 164 valence electrons. The van der Waals surface area contributed by atoms with Gasteiger partial charge in [0.15, 0.2) is 6.10 Å². The Kier molecular flexibility index (Phi) is 6.82. The van der Waals surface area contributed by atoms with Crippen molar-refractivity contribution in [2.75, 3.05) is 25.5 Å². The quantitative estimate of drug-likeness (QED) is 0.640. The summed E-state index contributed by atoms with van der Waals surface area (Å²) in [4.78, 5) is 24.1. The number of hydrogen-bond acceptors (Lipinski definition) is 5. The van der Waals surface area contributed by atoms with Crippen molar-refractivity contribution in [3.63, 3.8) is 0 Å². The van der Waals surface area contributed by atoms with Crippen LogP contribution in [-0.2, 0) is 19.6 Å². The molecule has 1 aliphatic heterocycles. The summed E-state index contributed by atoms with van der Waals surface area (Å²) in [5.41, 5.74) is 2.25. The number of hydrogen-bond donors (Lipinski definition) is 2. The van der Waals surface area contributed by atoms with E-state index in [1.165, 1.54) is 31.5 Å². The maximum absolute atomic E-state index is 13.0. The molecule has 9 heteroatoms. The summed E-state index contributed by atoms with van der Waals surface area (Å²) in [6.07, 6.45) is 6.89. The van der Waals surface area contributed by atoms with Crippen molar-refractivity contribution in [2.45, 2.75) is 57.0 Å². The van der Waals surface area contributed by atoms with Crippen LogP contribution in [-0.4, -0.2) is 50.8 Å². The lowest BCUT2D eigenvalue weighted by Crippen LogP contribution is -2.39. The number of likely N-dealkylation sites (N-methyl/N-ethyl adjacent to an activating group) is 1. The van der Waals surface area contributed by atoms with Crippen molar-refractivity contribution in [3.8, 4) is 5.75 Å². The number of nitrogens with one attached hydrogen (secondary N) is 2. The van der Waals surface area contributed by atoms with E-state index in [0.29, 0.717) is 23.5 Å². The minimum Gasteiger partial charge on any atom is -0.479 e. The first kappa shape index (κ1) is 22.3. The second-order valence-corrected chi connectivity index (χ2v) is 9.85. The summed E-state index contributed by atoms with van der Waals surface area (Å²) >= 11 is 0. The number of rotatable bonds is 7. The summed E-state index contributed by atoms with van der Waals surface area (Å²) in [7, 11) is -2.53. The lowest BCUT2D eigenvalue weighted by atomic mass is 9.97. The van der Waals surface area contributed by atoms with Gasteiger partial charge in [0.2, 0.25) is 15.9 Å². The normalized spacial score (nSPS) is 18.9. The second kappa shape index (κ2) is 9.18. The van der Waals surface area contributed by atoms with Gasteiger partial charge in [0.05, 0.1) is 17.1 Å². The molecule has 0 aromatic heterocycles. The molecule has 2 N–H and O–H groups in total. The van der Waals surface area contributed by atoms with E-state index in [0.717, 1.165) is 23.6 Å². The van der Waals surface area contributed by atoms with Gasteiger partial charge in [-0.1, -0.05) is 11.6 Å². The third-order valence-electron chi connectivity index (χ3n) is 5.42. The molecule has 0 radical (unpaired) electrons. The number of allylic oxidation sites excluding steroid dienone is 1. The summed E-state index contributed by atoms with van der Waals surface area (Å²) in [5.74, 6) is -0.328. The molecule has 1 aromatic rings. The molecule has 0 unspecified atom stereocenters. The number of ether oxygens (including phenoxy) is 1. The Bertz CT molecular complexity index is 971. The Morgan fingerprint density at radius 2 is 2.10 bits per heavy atom. The van der Waals surface area contributed by atoms with Crippen LogP contribution in [0.25, 0.3) is 0 Å². The minimum atomic E-state index is -3.91. The molecular formula is C21H29N3O5S. The van der Waals surface area contributed by atoms with E-state index >= 15 is 0 Å². The molecule has 0 bridgehead atoms. The molecule has 1 aliphatic carbocycles. The fourth-order valence-corrected chi connectivity index (χ4v) is 4.97. The number of fused-ring (bicyclic) bond motifs is 1. The van der Waals surface area contributed by atoms with Crippen LogP contribution in [0.5, 0.6) is 5.75 Å². The molecule has 0 saturated carbocycles. The highest BCUT2D eigenvalue weighted by Gasteiger charge is 2.30. The molecule has 2 aliphatic rings.